The molecule has 90 valence electrons. The highest BCUT2D eigenvalue weighted by Crippen LogP contribution is 2.26. The number of rotatable bonds is 2. The summed E-state index contributed by atoms with van der Waals surface area (Å²) in [6, 6.07) is 2.03. The molecule has 1 aliphatic heterocycles. The molecule has 1 saturated heterocycles. The second-order valence-electron chi connectivity index (χ2n) is 3.66. The molecule has 0 aromatic carbocycles. The Morgan fingerprint density at radius 2 is 2.47 bits per heavy atom. The zero-order valence-corrected chi connectivity index (χ0v) is 11.8. The lowest BCUT2D eigenvalue weighted by Gasteiger charge is -2.20. The minimum atomic E-state index is -0.0982. The van der Waals surface area contributed by atoms with Gasteiger partial charge in [0.25, 0.3) is 5.89 Å². The molecular weight excluding hydrogens is 353 g/mol. The zero-order chi connectivity index (χ0) is 11.7. The molecule has 0 aliphatic carbocycles. The van der Waals surface area contributed by atoms with Crippen LogP contribution in [-0.4, -0.2) is 29.8 Å². The number of hydrogen-bond donors (Lipinski definition) is 1. The molecule has 0 amide bonds. The number of hydrogen-bond acceptors (Lipinski definition) is 6. The van der Waals surface area contributed by atoms with Crippen LogP contribution in [0.2, 0.25) is 0 Å². The van der Waals surface area contributed by atoms with Crippen molar-refractivity contribution in [2.75, 3.05) is 19.7 Å². The summed E-state index contributed by atoms with van der Waals surface area (Å²) in [5, 5.41) is 9.23. The third kappa shape index (κ3) is 2.51. The molecule has 1 N–H and O–H groups in total. The fourth-order valence-corrected chi connectivity index (χ4v) is 2.96. The SMILES string of the molecule is Ic1cc(-c2nc(C3CNCCO3)no2)cs1. The topological polar surface area (TPSA) is 60.2 Å². The van der Waals surface area contributed by atoms with Gasteiger partial charge in [-0.25, -0.2) is 0 Å². The van der Waals surface area contributed by atoms with E-state index in [0.29, 0.717) is 18.3 Å². The molecule has 1 aliphatic rings. The number of ether oxygens (including phenoxy) is 1. The van der Waals surface area contributed by atoms with Gasteiger partial charge in [-0.3, -0.25) is 0 Å². The van der Waals surface area contributed by atoms with Crippen molar-refractivity contribution < 1.29 is 9.26 Å². The smallest absolute Gasteiger partial charge is 0.258 e. The van der Waals surface area contributed by atoms with Gasteiger partial charge in [-0.1, -0.05) is 5.16 Å². The van der Waals surface area contributed by atoms with Crippen LogP contribution in [0.5, 0.6) is 0 Å². The summed E-state index contributed by atoms with van der Waals surface area (Å²) < 4.78 is 12.0. The molecule has 3 heterocycles. The van der Waals surface area contributed by atoms with Gasteiger partial charge in [0.2, 0.25) is 5.82 Å². The average Bonchev–Trinajstić information content (AvgIpc) is 2.98. The van der Waals surface area contributed by atoms with Crippen molar-refractivity contribution in [2.24, 2.45) is 0 Å². The van der Waals surface area contributed by atoms with Crippen molar-refractivity contribution in [1.29, 1.82) is 0 Å². The molecule has 1 fully saturated rings. The van der Waals surface area contributed by atoms with Gasteiger partial charge >= 0.3 is 0 Å². The first-order valence-electron chi connectivity index (χ1n) is 5.23. The van der Waals surface area contributed by atoms with Crippen LogP contribution in [0, 0.1) is 2.88 Å². The van der Waals surface area contributed by atoms with Gasteiger partial charge in [-0.2, -0.15) is 4.98 Å². The summed E-state index contributed by atoms with van der Waals surface area (Å²) in [7, 11) is 0. The van der Waals surface area contributed by atoms with Gasteiger partial charge in [0.1, 0.15) is 6.10 Å². The van der Waals surface area contributed by atoms with Crippen LogP contribution >= 0.6 is 33.9 Å². The largest absolute Gasteiger partial charge is 0.367 e. The van der Waals surface area contributed by atoms with Gasteiger partial charge < -0.3 is 14.6 Å². The molecule has 0 spiro atoms. The van der Waals surface area contributed by atoms with Crippen LogP contribution in [0.25, 0.3) is 11.5 Å². The number of aromatic nitrogens is 2. The molecule has 2 aromatic rings. The quantitative estimate of drug-likeness (QED) is 0.828. The zero-order valence-electron chi connectivity index (χ0n) is 8.85. The maximum atomic E-state index is 5.57. The lowest BCUT2D eigenvalue weighted by Crippen LogP contribution is -2.33. The van der Waals surface area contributed by atoms with Crippen LogP contribution in [-0.2, 0) is 4.74 Å². The Hall–Kier alpha value is -0.510. The van der Waals surface area contributed by atoms with Gasteiger partial charge in [-0.15, -0.1) is 11.3 Å². The van der Waals surface area contributed by atoms with Crippen molar-refractivity contribution in [3.05, 3.63) is 20.2 Å². The molecule has 0 bridgehead atoms. The fraction of sp³-hybridized carbons (Fsp3) is 0.400. The second-order valence-corrected chi connectivity index (χ2v) is 6.47. The molecule has 2 aromatic heterocycles. The molecule has 0 radical (unpaired) electrons. The summed E-state index contributed by atoms with van der Waals surface area (Å²) in [6.07, 6.45) is -0.0982. The first-order valence-corrected chi connectivity index (χ1v) is 7.19. The van der Waals surface area contributed by atoms with Crippen LogP contribution in [0.1, 0.15) is 11.9 Å². The predicted octanol–water partition coefficient (Wildman–Crippen LogP) is 2.06. The van der Waals surface area contributed by atoms with E-state index in [1.807, 2.05) is 11.4 Å². The number of thiophene rings is 1. The first kappa shape index (κ1) is 11.6. The maximum Gasteiger partial charge on any atom is 0.258 e. The lowest BCUT2D eigenvalue weighted by molar-refractivity contribution is 0.0208. The Kier molecular flexibility index (Phi) is 3.41. The van der Waals surface area contributed by atoms with E-state index in [9.17, 15) is 0 Å². The van der Waals surface area contributed by atoms with E-state index in [1.54, 1.807) is 11.3 Å². The molecule has 1 unspecified atom stereocenters. The van der Waals surface area contributed by atoms with Crippen LogP contribution in [0.15, 0.2) is 16.0 Å². The number of halogens is 1. The normalized spacial score (nSPS) is 20.6. The average molecular weight is 363 g/mol. The second kappa shape index (κ2) is 5.01. The van der Waals surface area contributed by atoms with E-state index in [4.69, 9.17) is 9.26 Å². The van der Waals surface area contributed by atoms with E-state index in [2.05, 4.69) is 38.0 Å². The molecule has 0 saturated carbocycles. The van der Waals surface area contributed by atoms with Gasteiger partial charge in [0.05, 0.1) is 15.1 Å². The van der Waals surface area contributed by atoms with Crippen molar-refractivity contribution in [2.45, 2.75) is 6.10 Å². The molecule has 3 rings (SSSR count). The number of nitrogens with zero attached hydrogens (tertiary/aromatic N) is 2. The molecule has 17 heavy (non-hydrogen) atoms. The fourth-order valence-electron chi connectivity index (χ4n) is 1.64. The van der Waals surface area contributed by atoms with Gasteiger partial charge in [0.15, 0.2) is 0 Å². The Bertz CT molecular complexity index is 507. The van der Waals surface area contributed by atoms with Crippen LogP contribution in [0.4, 0.5) is 0 Å². The standard InChI is InChI=1S/C10H10IN3O2S/c11-8-3-6(5-17-8)10-13-9(14-16-10)7-4-12-1-2-15-7/h3,5,7,12H,1-2,4H2. The summed E-state index contributed by atoms with van der Waals surface area (Å²) in [6.45, 7) is 2.30. The minimum Gasteiger partial charge on any atom is -0.367 e. The summed E-state index contributed by atoms with van der Waals surface area (Å²) in [5.74, 6) is 1.18. The van der Waals surface area contributed by atoms with E-state index in [0.717, 1.165) is 18.7 Å². The van der Waals surface area contributed by atoms with Crippen molar-refractivity contribution in [3.63, 3.8) is 0 Å². The third-order valence-corrected chi connectivity index (χ3v) is 4.26. The minimum absolute atomic E-state index is 0.0982. The third-order valence-electron chi connectivity index (χ3n) is 2.47. The highest BCUT2D eigenvalue weighted by atomic mass is 127. The summed E-state index contributed by atoms with van der Waals surface area (Å²) in [5.41, 5.74) is 0.974. The van der Waals surface area contributed by atoms with E-state index >= 15 is 0 Å². The van der Waals surface area contributed by atoms with Gasteiger partial charge in [0, 0.05) is 18.5 Å². The monoisotopic (exact) mass is 363 g/mol. The predicted molar refractivity (Wildman–Crippen MR) is 71.9 cm³/mol. The van der Waals surface area contributed by atoms with Gasteiger partial charge in [-0.05, 0) is 28.7 Å². The number of morpholine rings is 1. The van der Waals surface area contributed by atoms with Crippen molar-refractivity contribution >= 4 is 33.9 Å². The first-order chi connectivity index (χ1) is 8.33. The Morgan fingerprint density at radius 1 is 1.53 bits per heavy atom. The lowest BCUT2D eigenvalue weighted by atomic mass is 10.3. The summed E-state index contributed by atoms with van der Waals surface area (Å²) >= 11 is 3.93. The van der Waals surface area contributed by atoms with Crippen molar-refractivity contribution in [3.8, 4) is 11.5 Å². The van der Waals surface area contributed by atoms with Crippen molar-refractivity contribution in [1.82, 2.24) is 15.5 Å². The van der Waals surface area contributed by atoms with E-state index in [-0.39, 0.29) is 6.10 Å². The maximum absolute atomic E-state index is 5.57. The molecular formula is C10H10IN3O2S. The summed E-state index contributed by atoms with van der Waals surface area (Å²) in [4.78, 5) is 4.38. The van der Waals surface area contributed by atoms with E-state index in [1.165, 1.54) is 2.88 Å². The Labute approximate surface area is 116 Å². The molecule has 1 atom stereocenters. The van der Waals surface area contributed by atoms with Crippen LogP contribution < -0.4 is 5.32 Å². The van der Waals surface area contributed by atoms with E-state index < -0.39 is 0 Å². The number of nitrogens with one attached hydrogen (secondary N) is 1. The highest BCUT2D eigenvalue weighted by Gasteiger charge is 2.22. The highest BCUT2D eigenvalue weighted by molar-refractivity contribution is 14.1. The van der Waals surface area contributed by atoms with Crippen LogP contribution in [0.3, 0.4) is 0 Å². The Morgan fingerprint density at radius 3 is 3.18 bits per heavy atom. The Balaban J connectivity index is 1.82. The molecule has 7 heteroatoms. The molecule has 5 nitrogen and oxygen atoms in total.